The minimum Gasteiger partial charge on any atom is -0.232 e. The van der Waals surface area contributed by atoms with E-state index >= 15 is 0 Å². The zero-order valence-corrected chi connectivity index (χ0v) is 13.2. The molecule has 0 radical (unpaired) electrons. The molecular formula is C21H14F2N2. The molecule has 122 valence electrons. The van der Waals surface area contributed by atoms with Gasteiger partial charge in [0.1, 0.15) is 11.6 Å². The van der Waals surface area contributed by atoms with Crippen LogP contribution >= 0.6 is 0 Å². The highest BCUT2D eigenvalue weighted by atomic mass is 19.1. The van der Waals surface area contributed by atoms with Crippen LogP contribution in [0.4, 0.5) is 8.78 Å². The molecule has 0 saturated carbocycles. The first kappa shape index (κ1) is 15.3. The Morgan fingerprint density at radius 2 is 1.20 bits per heavy atom. The van der Waals surface area contributed by atoms with Crippen molar-refractivity contribution < 1.29 is 8.78 Å². The first-order valence-corrected chi connectivity index (χ1v) is 7.89. The maximum Gasteiger partial charge on any atom is 0.132 e. The summed E-state index contributed by atoms with van der Waals surface area (Å²) in [6.07, 6.45) is 0. The highest BCUT2D eigenvalue weighted by molar-refractivity contribution is 5.71. The van der Waals surface area contributed by atoms with Gasteiger partial charge in [-0.1, -0.05) is 42.5 Å². The molecule has 0 amide bonds. The fourth-order valence-electron chi connectivity index (χ4n) is 2.81. The molecule has 1 aromatic heterocycles. The molecule has 0 aliphatic heterocycles. The smallest absolute Gasteiger partial charge is 0.132 e. The molecule has 1 heterocycles. The lowest BCUT2D eigenvalue weighted by atomic mass is 10.1. The maximum atomic E-state index is 14.3. The summed E-state index contributed by atoms with van der Waals surface area (Å²) in [5.74, 6) is -0.708. The van der Waals surface area contributed by atoms with Crippen molar-refractivity contribution in [2.24, 2.45) is 0 Å². The number of benzene rings is 3. The minimum absolute atomic E-state index is 0.348. The summed E-state index contributed by atoms with van der Waals surface area (Å²) in [6, 6.07) is 24.1. The monoisotopic (exact) mass is 332 g/mol. The number of hydrogen-bond donors (Lipinski definition) is 0. The molecule has 0 spiro atoms. The van der Waals surface area contributed by atoms with Crippen LogP contribution in [0.2, 0.25) is 0 Å². The second kappa shape index (κ2) is 6.32. The van der Waals surface area contributed by atoms with Gasteiger partial charge in [0.2, 0.25) is 0 Å². The van der Waals surface area contributed by atoms with E-state index in [-0.39, 0.29) is 11.6 Å². The van der Waals surface area contributed by atoms with Crippen LogP contribution in [0.3, 0.4) is 0 Å². The Balaban J connectivity index is 1.96. The number of hydrogen-bond acceptors (Lipinski definition) is 1. The molecule has 0 atom stereocenters. The van der Waals surface area contributed by atoms with Gasteiger partial charge in [-0.25, -0.2) is 13.5 Å². The number of halogens is 2. The molecule has 0 unspecified atom stereocenters. The van der Waals surface area contributed by atoms with E-state index in [1.54, 1.807) is 47.1 Å². The van der Waals surface area contributed by atoms with Crippen molar-refractivity contribution in [3.63, 3.8) is 0 Å². The second-order valence-corrected chi connectivity index (χ2v) is 5.62. The second-order valence-electron chi connectivity index (χ2n) is 5.62. The molecule has 0 saturated heterocycles. The Morgan fingerprint density at radius 1 is 0.640 bits per heavy atom. The summed E-state index contributed by atoms with van der Waals surface area (Å²) in [4.78, 5) is 0. The van der Waals surface area contributed by atoms with Gasteiger partial charge in [-0.3, -0.25) is 0 Å². The molecule has 3 aromatic carbocycles. The Morgan fingerprint density at radius 3 is 1.84 bits per heavy atom. The zero-order chi connectivity index (χ0) is 17.2. The van der Waals surface area contributed by atoms with Gasteiger partial charge in [-0.05, 0) is 42.5 Å². The fourth-order valence-corrected chi connectivity index (χ4v) is 2.81. The maximum absolute atomic E-state index is 14.3. The molecule has 0 N–H and O–H groups in total. The Hall–Kier alpha value is -3.27. The third-order valence-corrected chi connectivity index (χ3v) is 4.01. The van der Waals surface area contributed by atoms with Crippen molar-refractivity contribution in [3.05, 3.63) is 96.6 Å². The normalized spacial score (nSPS) is 10.8. The van der Waals surface area contributed by atoms with Crippen molar-refractivity contribution in [1.29, 1.82) is 0 Å². The van der Waals surface area contributed by atoms with Crippen LogP contribution in [0.5, 0.6) is 0 Å². The van der Waals surface area contributed by atoms with E-state index in [0.29, 0.717) is 22.5 Å². The molecule has 4 rings (SSSR count). The van der Waals surface area contributed by atoms with Gasteiger partial charge in [-0.2, -0.15) is 5.10 Å². The van der Waals surface area contributed by atoms with E-state index in [1.807, 2.05) is 30.3 Å². The molecule has 25 heavy (non-hydrogen) atoms. The third-order valence-electron chi connectivity index (χ3n) is 4.01. The summed E-state index contributed by atoms with van der Waals surface area (Å²) in [5, 5.41) is 4.54. The summed E-state index contributed by atoms with van der Waals surface area (Å²) < 4.78 is 30.2. The quantitative estimate of drug-likeness (QED) is 0.485. The minimum atomic E-state index is -0.361. The molecule has 0 fully saturated rings. The van der Waals surface area contributed by atoms with Gasteiger partial charge in [0, 0.05) is 11.1 Å². The number of para-hydroxylation sites is 1. The lowest BCUT2D eigenvalue weighted by molar-refractivity contribution is 0.629. The molecule has 0 aliphatic carbocycles. The lowest BCUT2D eigenvalue weighted by Crippen LogP contribution is -2.00. The van der Waals surface area contributed by atoms with Gasteiger partial charge in [0.25, 0.3) is 0 Å². The van der Waals surface area contributed by atoms with E-state index < -0.39 is 0 Å². The van der Waals surface area contributed by atoms with Crippen molar-refractivity contribution in [2.45, 2.75) is 0 Å². The van der Waals surface area contributed by atoms with Gasteiger partial charge in [0.05, 0.1) is 17.1 Å². The van der Waals surface area contributed by atoms with E-state index in [4.69, 9.17) is 0 Å². The fraction of sp³-hybridized carbons (Fsp3) is 0. The van der Waals surface area contributed by atoms with Crippen LogP contribution in [0.1, 0.15) is 0 Å². The Labute approximate surface area is 144 Å². The van der Waals surface area contributed by atoms with Crippen LogP contribution in [-0.2, 0) is 0 Å². The van der Waals surface area contributed by atoms with E-state index in [1.165, 1.54) is 12.1 Å². The Kier molecular flexibility index (Phi) is 3.86. The van der Waals surface area contributed by atoms with Gasteiger partial charge < -0.3 is 0 Å². The van der Waals surface area contributed by atoms with E-state index in [9.17, 15) is 8.78 Å². The molecule has 4 heteroatoms. The molecular weight excluding hydrogens is 318 g/mol. The highest BCUT2D eigenvalue weighted by Crippen LogP contribution is 2.31. The average Bonchev–Trinajstić information content (AvgIpc) is 3.08. The van der Waals surface area contributed by atoms with E-state index in [0.717, 1.165) is 5.69 Å². The van der Waals surface area contributed by atoms with Crippen molar-refractivity contribution in [2.75, 3.05) is 0 Å². The number of aromatic nitrogens is 2. The van der Waals surface area contributed by atoms with Gasteiger partial charge in [-0.15, -0.1) is 0 Å². The zero-order valence-electron chi connectivity index (χ0n) is 13.2. The highest BCUT2D eigenvalue weighted by Gasteiger charge is 2.17. The largest absolute Gasteiger partial charge is 0.232 e. The predicted octanol–water partition coefficient (Wildman–Crippen LogP) is 5.48. The SMILES string of the molecule is Fc1ccccc1-c1cc(-c2ccccc2F)n(-c2ccccc2)n1. The van der Waals surface area contributed by atoms with Crippen molar-refractivity contribution >= 4 is 0 Å². The van der Waals surface area contributed by atoms with Crippen molar-refractivity contribution in [3.8, 4) is 28.2 Å². The third kappa shape index (κ3) is 2.83. The van der Waals surface area contributed by atoms with Gasteiger partial charge >= 0.3 is 0 Å². The molecule has 0 bridgehead atoms. The van der Waals surface area contributed by atoms with Crippen LogP contribution in [0.15, 0.2) is 84.9 Å². The van der Waals surface area contributed by atoms with Crippen LogP contribution in [0.25, 0.3) is 28.2 Å². The standard InChI is InChI=1S/C21H14F2N2/c22-18-12-6-4-10-16(18)20-14-21(17-11-5-7-13-19(17)23)25(24-20)15-8-2-1-3-9-15/h1-14H. The first-order valence-electron chi connectivity index (χ1n) is 7.89. The summed E-state index contributed by atoms with van der Waals surface area (Å²) in [6.45, 7) is 0. The summed E-state index contributed by atoms with van der Waals surface area (Å²) >= 11 is 0. The molecule has 2 nitrogen and oxygen atoms in total. The van der Waals surface area contributed by atoms with Crippen LogP contribution in [-0.4, -0.2) is 9.78 Å². The van der Waals surface area contributed by atoms with Crippen molar-refractivity contribution in [1.82, 2.24) is 9.78 Å². The number of nitrogens with zero attached hydrogens (tertiary/aromatic N) is 2. The number of rotatable bonds is 3. The van der Waals surface area contributed by atoms with Gasteiger partial charge in [0.15, 0.2) is 0 Å². The summed E-state index contributed by atoms with van der Waals surface area (Å²) in [5.41, 5.74) is 2.61. The Bertz CT molecular complexity index is 1020. The first-order chi connectivity index (χ1) is 12.2. The summed E-state index contributed by atoms with van der Waals surface area (Å²) in [7, 11) is 0. The topological polar surface area (TPSA) is 17.8 Å². The molecule has 4 aromatic rings. The predicted molar refractivity (Wildman–Crippen MR) is 94.4 cm³/mol. The molecule has 0 aliphatic rings. The van der Waals surface area contributed by atoms with Crippen LogP contribution < -0.4 is 0 Å². The average molecular weight is 332 g/mol. The van der Waals surface area contributed by atoms with E-state index in [2.05, 4.69) is 5.10 Å². The van der Waals surface area contributed by atoms with Crippen LogP contribution in [0, 0.1) is 11.6 Å². The lowest BCUT2D eigenvalue weighted by Gasteiger charge is -2.08.